The molecule has 0 saturated carbocycles. The van der Waals surface area contributed by atoms with Crippen LogP contribution in [0.1, 0.15) is 43.4 Å². The van der Waals surface area contributed by atoms with Crippen LogP contribution in [-0.2, 0) is 19.6 Å². The molecule has 1 unspecified atom stereocenters. The predicted octanol–water partition coefficient (Wildman–Crippen LogP) is 4.83. The number of sulfonamides is 1. The van der Waals surface area contributed by atoms with Crippen LogP contribution in [0.3, 0.4) is 0 Å². The monoisotopic (exact) mass is 467 g/mol. The molecule has 174 valence electrons. The van der Waals surface area contributed by atoms with Gasteiger partial charge in [-0.05, 0) is 48.2 Å². The molecule has 0 aromatic heterocycles. The number of aliphatic carboxylic acids is 1. The van der Waals surface area contributed by atoms with Crippen LogP contribution in [0.5, 0.6) is 0 Å². The molecule has 3 aromatic rings. The van der Waals surface area contributed by atoms with Gasteiger partial charge in [-0.25, -0.2) is 8.42 Å². The van der Waals surface area contributed by atoms with Crippen molar-refractivity contribution in [2.24, 2.45) is 5.92 Å². The number of carboxylic acids is 1. The van der Waals surface area contributed by atoms with E-state index in [0.29, 0.717) is 12.8 Å². The van der Waals surface area contributed by atoms with Gasteiger partial charge in [0.05, 0.1) is 17.1 Å². The van der Waals surface area contributed by atoms with Gasteiger partial charge >= 0.3 is 5.97 Å². The molecule has 1 aliphatic rings. The molecule has 1 heterocycles. The van der Waals surface area contributed by atoms with Crippen LogP contribution in [0.25, 0.3) is 10.8 Å². The van der Waals surface area contributed by atoms with Gasteiger partial charge in [-0.15, -0.1) is 0 Å². The molecule has 4 rings (SSSR count). The van der Waals surface area contributed by atoms with Gasteiger partial charge in [0, 0.05) is 5.92 Å². The molecule has 0 radical (unpaired) electrons. The minimum atomic E-state index is -4.00. The Hall–Kier alpha value is -2.74. The second kappa shape index (κ2) is 9.63. The van der Waals surface area contributed by atoms with Crippen molar-refractivity contribution in [3.05, 3.63) is 77.9 Å². The van der Waals surface area contributed by atoms with Crippen LogP contribution in [0.4, 0.5) is 0 Å². The molecule has 1 saturated heterocycles. The third-order valence-electron chi connectivity index (χ3n) is 6.35. The Balaban J connectivity index is 1.65. The molecule has 1 aliphatic heterocycles. The molecule has 0 amide bonds. The van der Waals surface area contributed by atoms with E-state index in [1.54, 1.807) is 12.1 Å². The summed E-state index contributed by atoms with van der Waals surface area (Å²) in [6.07, 6.45) is 1.22. The molecule has 0 spiro atoms. The van der Waals surface area contributed by atoms with Crippen molar-refractivity contribution in [2.75, 3.05) is 0 Å². The quantitative estimate of drug-likeness (QED) is 0.495. The van der Waals surface area contributed by atoms with Crippen molar-refractivity contribution >= 4 is 26.8 Å². The summed E-state index contributed by atoms with van der Waals surface area (Å²) in [5, 5.41) is 12.2. The van der Waals surface area contributed by atoms with Crippen LogP contribution in [0.2, 0.25) is 0 Å². The lowest BCUT2D eigenvalue weighted by Gasteiger charge is -2.25. The maximum Gasteiger partial charge on any atom is 0.322 e. The summed E-state index contributed by atoms with van der Waals surface area (Å²) in [6.45, 7) is 3.88. The Morgan fingerprint density at radius 2 is 1.79 bits per heavy atom. The van der Waals surface area contributed by atoms with E-state index < -0.39 is 28.0 Å². The predicted molar refractivity (Wildman–Crippen MR) is 128 cm³/mol. The molecule has 0 aliphatic carbocycles. The number of aryl methyl sites for hydroxylation is 1. The first-order valence-corrected chi connectivity index (χ1v) is 12.7. The fourth-order valence-corrected chi connectivity index (χ4v) is 5.93. The highest BCUT2D eigenvalue weighted by molar-refractivity contribution is 7.89. The van der Waals surface area contributed by atoms with E-state index in [-0.39, 0.29) is 17.1 Å². The van der Waals surface area contributed by atoms with Crippen molar-refractivity contribution in [3.63, 3.8) is 0 Å². The molecule has 2 N–H and O–H groups in total. The van der Waals surface area contributed by atoms with E-state index in [1.807, 2.05) is 56.3 Å². The van der Waals surface area contributed by atoms with Crippen LogP contribution in [0.15, 0.2) is 71.6 Å². The molecule has 33 heavy (non-hydrogen) atoms. The minimum Gasteiger partial charge on any atom is -0.480 e. The molecule has 6 nitrogen and oxygen atoms in total. The number of carbonyl (C=O) groups is 1. The lowest BCUT2D eigenvalue weighted by atomic mass is 9.87. The van der Waals surface area contributed by atoms with Crippen molar-refractivity contribution in [3.8, 4) is 0 Å². The highest BCUT2D eigenvalue weighted by Crippen LogP contribution is 2.42. The number of carboxylic acid groups (broad SMARTS) is 1. The smallest absolute Gasteiger partial charge is 0.322 e. The minimum absolute atomic E-state index is 0.0518. The summed E-state index contributed by atoms with van der Waals surface area (Å²) in [4.78, 5) is 12.3. The van der Waals surface area contributed by atoms with Gasteiger partial charge in [-0.3, -0.25) is 4.79 Å². The zero-order chi connectivity index (χ0) is 23.6. The summed E-state index contributed by atoms with van der Waals surface area (Å²) in [7, 11) is -4.00. The topological polar surface area (TPSA) is 92.7 Å². The third-order valence-corrected chi connectivity index (χ3v) is 7.81. The number of hydrogen-bond acceptors (Lipinski definition) is 4. The second-order valence-corrected chi connectivity index (χ2v) is 10.4. The third kappa shape index (κ3) is 4.95. The standard InChI is InChI=1S/C26H29NO5S/c1-3-7-23-22(16-24(32-23)21-11-6-9-18-8-4-5-10-20(18)21)25(26(28)29)27-33(30,31)19-14-12-17(2)13-15-19/h4-6,8-15,22-25,27H,3,7,16H2,1-2H3,(H,28,29)/t22-,23+,24+,25?/m0/s1. The summed E-state index contributed by atoms with van der Waals surface area (Å²) in [6, 6.07) is 19.1. The largest absolute Gasteiger partial charge is 0.480 e. The number of nitrogens with one attached hydrogen (secondary N) is 1. The molecule has 1 fully saturated rings. The van der Waals surface area contributed by atoms with E-state index in [0.717, 1.165) is 28.3 Å². The van der Waals surface area contributed by atoms with Crippen molar-refractivity contribution in [1.29, 1.82) is 0 Å². The molecular weight excluding hydrogens is 438 g/mol. The first-order valence-electron chi connectivity index (χ1n) is 11.2. The van der Waals surface area contributed by atoms with E-state index in [1.165, 1.54) is 12.1 Å². The highest BCUT2D eigenvalue weighted by atomic mass is 32.2. The Bertz CT molecular complexity index is 1230. The van der Waals surface area contributed by atoms with Gasteiger partial charge in [0.15, 0.2) is 0 Å². The molecule has 3 aromatic carbocycles. The van der Waals surface area contributed by atoms with E-state index in [9.17, 15) is 18.3 Å². The average Bonchev–Trinajstić information content (AvgIpc) is 3.21. The van der Waals surface area contributed by atoms with Gasteiger partial charge in [0.2, 0.25) is 10.0 Å². The lowest BCUT2D eigenvalue weighted by Crippen LogP contribution is -2.48. The number of ether oxygens (including phenoxy) is 1. The molecule has 0 bridgehead atoms. The Labute approximate surface area is 194 Å². The summed E-state index contributed by atoms with van der Waals surface area (Å²) in [5.41, 5.74) is 1.93. The van der Waals surface area contributed by atoms with Gasteiger partial charge in [0.25, 0.3) is 0 Å². The zero-order valence-electron chi connectivity index (χ0n) is 18.8. The number of rotatable bonds is 8. The second-order valence-electron chi connectivity index (χ2n) is 8.67. The van der Waals surface area contributed by atoms with E-state index in [2.05, 4.69) is 4.72 Å². The number of benzene rings is 3. The van der Waals surface area contributed by atoms with Gasteiger partial charge < -0.3 is 9.84 Å². The lowest BCUT2D eigenvalue weighted by molar-refractivity contribution is -0.141. The molecular formula is C26H29NO5S. The molecule has 7 heteroatoms. The Morgan fingerprint density at radius 1 is 1.09 bits per heavy atom. The van der Waals surface area contributed by atoms with E-state index >= 15 is 0 Å². The van der Waals surface area contributed by atoms with Crippen molar-refractivity contribution in [1.82, 2.24) is 4.72 Å². The first kappa shape index (κ1) is 23.4. The Morgan fingerprint density at radius 3 is 2.48 bits per heavy atom. The fourth-order valence-electron chi connectivity index (χ4n) is 4.69. The maximum absolute atomic E-state index is 13.0. The molecule has 4 atom stereocenters. The summed E-state index contributed by atoms with van der Waals surface area (Å²) < 4.78 is 34.8. The maximum atomic E-state index is 13.0. The van der Waals surface area contributed by atoms with Gasteiger partial charge in [-0.2, -0.15) is 4.72 Å². The van der Waals surface area contributed by atoms with Crippen LogP contribution in [-0.4, -0.2) is 31.6 Å². The van der Waals surface area contributed by atoms with Crippen molar-refractivity contribution < 1.29 is 23.1 Å². The zero-order valence-corrected chi connectivity index (χ0v) is 19.6. The summed E-state index contributed by atoms with van der Waals surface area (Å²) >= 11 is 0. The first-order chi connectivity index (χ1) is 15.8. The van der Waals surface area contributed by atoms with Crippen LogP contribution >= 0.6 is 0 Å². The average molecular weight is 468 g/mol. The number of hydrogen-bond donors (Lipinski definition) is 2. The van der Waals surface area contributed by atoms with Crippen molar-refractivity contribution in [2.45, 2.75) is 56.3 Å². The summed E-state index contributed by atoms with van der Waals surface area (Å²) in [5.74, 6) is -1.69. The Kier molecular flexibility index (Phi) is 6.83. The van der Waals surface area contributed by atoms with Gasteiger partial charge in [0.1, 0.15) is 6.04 Å². The normalized spacial score (nSPS) is 21.8. The highest BCUT2D eigenvalue weighted by Gasteiger charge is 2.44. The van der Waals surface area contributed by atoms with Crippen LogP contribution < -0.4 is 4.72 Å². The fraction of sp³-hybridized carbons (Fsp3) is 0.346. The SMILES string of the molecule is CCC[C@H]1O[C@@H](c2cccc3ccccc23)C[C@@H]1C(NS(=O)(=O)c1ccc(C)cc1)C(=O)O. The van der Waals surface area contributed by atoms with E-state index in [4.69, 9.17) is 4.74 Å². The van der Waals surface area contributed by atoms with Crippen LogP contribution in [0, 0.1) is 12.8 Å². The van der Waals surface area contributed by atoms with Gasteiger partial charge in [-0.1, -0.05) is 73.5 Å². The number of fused-ring (bicyclic) bond motifs is 1.